The zero-order valence-corrected chi connectivity index (χ0v) is 22.7. The molecule has 10 nitrogen and oxygen atoms in total. The van der Waals surface area contributed by atoms with Gasteiger partial charge in [-0.15, -0.1) is 0 Å². The molecule has 6 rings (SSSR count). The van der Waals surface area contributed by atoms with E-state index < -0.39 is 17.6 Å². The third-order valence-corrected chi connectivity index (χ3v) is 7.20. The predicted molar refractivity (Wildman–Crippen MR) is 149 cm³/mol. The molecule has 0 radical (unpaired) electrons. The average Bonchev–Trinajstić information content (AvgIpc) is 3.47. The van der Waals surface area contributed by atoms with Gasteiger partial charge in [0.15, 0.2) is 5.82 Å². The first kappa shape index (κ1) is 27.2. The Labute approximate surface area is 238 Å². The second-order valence-electron chi connectivity index (χ2n) is 9.94. The summed E-state index contributed by atoms with van der Waals surface area (Å²) in [5, 5.41) is 5.45. The highest BCUT2D eigenvalue weighted by molar-refractivity contribution is 6.05. The van der Waals surface area contributed by atoms with Crippen LogP contribution < -0.4 is 25.0 Å². The Kier molecular flexibility index (Phi) is 7.01. The van der Waals surface area contributed by atoms with Crippen molar-refractivity contribution in [1.29, 1.82) is 0 Å². The van der Waals surface area contributed by atoms with Gasteiger partial charge in [-0.1, -0.05) is 6.07 Å². The molecule has 1 fully saturated rings. The lowest BCUT2D eigenvalue weighted by molar-refractivity contribution is -0.137. The van der Waals surface area contributed by atoms with Gasteiger partial charge in [-0.05, 0) is 55.7 Å². The first-order valence-electron chi connectivity index (χ1n) is 13.3. The molecule has 0 aliphatic carbocycles. The number of aromatic nitrogens is 4. The van der Waals surface area contributed by atoms with Crippen molar-refractivity contribution in [3.63, 3.8) is 0 Å². The maximum Gasteiger partial charge on any atom is 0.418 e. The molecule has 1 amide bonds. The van der Waals surface area contributed by atoms with Crippen LogP contribution in [0.2, 0.25) is 0 Å². The zero-order valence-electron chi connectivity index (χ0n) is 22.7. The number of amides is 1. The molecule has 4 aromatic rings. The minimum Gasteiger partial charge on any atom is -0.489 e. The van der Waals surface area contributed by atoms with E-state index in [1.165, 1.54) is 18.5 Å². The minimum absolute atomic E-state index is 0.0195. The Morgan fingerprint density at radius 3 is 2.81 bits per heavy atom. The topological polar surface area (TPSA) is 114 Å². The van der Waals surface area contributed by atoms with Gasteiger partial charge in [0.1, 0.15) is 24.4 Å². The normalized spacial score (nSPS) is 15.8. The van der Waals surface area contributed by atoms with Crippen LogP contribution in [-0.4, -0.2) is 52.1 Å². The molecule has 0 saturated carbocycles. The predicted octanol–water partition coefficient (Wildman–Crippen LogP) is 5.71. The third kappa shape index (κ3) is 5.24. The third-order valence-electron chi connectivity index (χ3n) is 7.20. The standard InChI is InChI=1S/C29H26F3N7O3/c1-16-7-8-17(11-22(16)42-27-20(6-3-9-34-27)25-35-15-36-28(33-2)38-25)26(40)37-18-12-21(29(30,31)32)24-23(13-18)41-14-19-5-4-10-39(19)24/h3,6-9,11-13,15,19H,4-5,10,14H2,1-2H3,(H,37,40)(H,33,35,36,38)/t19-/m0/s1. The molecule has 1 saturated heterocycles. The molecule has 0 unspecified atom stereocenters. The summed E-state index contributed by atoms with van der Waals surface area (Å²) in [7, 11) is 1.68. The van der Waals surface area contributed by atoms with E-state index >= 15 is 0 Å². The number of nitrogens with one attached hydrogen (secondary N) is 2. The summed E-state index contributed by atoms with van der Waals surface area (Å²) < 4.78 is 54.3. The van der Waals surface area contributed by atoms with Crippen molar-refractivity contribution < 1.29 is 27.4 Å². The van der Waals surface area contributed by atoms with Crippen molar-refractivity contribution in [2.75, 3.05) is 35.7 Å². The van der Waals surface area contributed by atoms with Crippen LogP contribution in [0.15, 0.2) is 55.0 Å². The molecular weight excluding hydrogens is 551 g/mol. The molecule has 2 aliphatic heterocycles. The van der Waals surface area contributed by atoms with Gasteiger partial charge in [0.2, 0.25) is 11.8 Å². The molecule has 4 heterocycles. The summed E-state index contributed by atoms with van der Waals surface area (Å²) in [6, 6.07) is 10.5. The Balaban J connectivity index is 1.28. The largest absolute Gasteiger partial charge is 0.489 e. The van der Waals surface area contributed by atoms with Crippen LogP contribution in [0.5, 0.6) is 17.4 Å². The minimum atomic E-state index is -4.63. The smallest absolute Gasteiger partial charge is 0.418 e. The number of nitrogens with zero attached hydrogens (tertiary/aromatic N) is 5. The molecule has 216 valence electrons. The van der Waals surface area contributed by atoms with E-state index in [0.717, 1.165) is 18.9 Å². The van der Waals surface area contributed by atoms with Crippen LogP contribution in [0.1, 0.15) is 34.3 Å². The number of anilines is 3. The van der Waals surface area contributed by atoms with Crippen molar-refractivity contribution in [3.8, 4) is 28.8 Å². The van der Waals surface area contributed by atoms with Gasteiger partial charge < -0.3 is 25.0 Å². The molecule has 2 aromatic carbocycles. The van der Waals surface area contributed by atoms with Crippen LogP contribution in [0, 0.1) is 6.92 Å². The summed E-state index contributed by atoms with van der Waals surface area (Å²) in [6.07, 6.45) is -0.143. The van der Waals surface area contributed by atoms with E-state index in [9.17, 15) is 18.0 Å². The zero-order chi connectivity index (χ0) is 29.4. The number of alkyl halides is 3. The second-order valence-corrected chi connectivity index (χ2v) is 9.94. The van der Waals surface area contributed by atoms with Gasteiger partial charge in [-0.2, -0.15) is 18.2 Å². The number of carbonyl (C=O) groups is 1. The lowest BCUT2D eigenvalue weighted by Gasteiger charge is -2.35. The van der Waals surface area contributed by atoms with Crippen LogP contribution in [0.25, 0.3) is 11.4 Å². The average molecular weight is 578 g/mol. The Morgan fingerprint density at radius 2 is 2.00 bits per heavy atom. The van der Waals surface area contributed by atoms with Crippen molar-refractivity contribution in [1.82, 2.24) is 19.9 Å². The summed E-state index contributed by atoms with van der Waals surface area (Å²) >= 11 is 0. The fourth-order valence-corrected chi connectivity index (χ4v) is 5.14. The number of pyridine rings is 1. The van der Waals surface area contributed by atoms with Gasteiger partial charge >= 0.3 is 6.18 Å². The number of carbonyl (C=O) groups excluding carboxylic acids is 1. The number of ether oxygens (including phenoxy) is 2. The van der Waals surface area contributed by atoms with E-state index in [4.69, 9.17) is 9.47 Å². The Bertz CT molecular complexity index is 1660. The molecule has 0 spiro atoms. The van der Waals surface area contributed by atoms with Crippen molar-refractivity contribution >= 4 is 23.2 Å². The molecule has 2 aliphatic rings. The van der Waals surface area contributed by atoms with Gasteiger partial charge in [0, 0.05) is 37.1 Å². The summed E-state index contributed by atoms with van der Waals surface area (Å²) in [6.45, 7) is 2.63. The number of fused-ring (bicyclic) bond motifs is 3. The lowest BCUT2D eigenvalue weighted by Crippen LogP contribution is -2.39. The van der Waals surface area contributed by atoms with Crippen LogP contribution in [0.3, 0.4) is 0 Å². The van der Waals surface area contributed by atoms with Crippen LogP contribution >= 0.6 is 0 Å². The van der Waals surface area contributed by atoms with E-state index in [-0.39, 0.29) is 34.6 Å². The number of halogens is 3. The monoisotopic (exact) mass is 577 g/mol. The Morgan fingerprint density at radius 1 is 1.14 bits per heavy atom. The molecular formula is C29H26F3N7O3. The van der Waals surface area contributed by atoms with Gasteiger partial charge in [-0.25, -0.2) is 15.0 Å². The highest BCUT2D eigenvalue weighted by atomic mass is 19.4. The molecule has 13 heteroatoms. The molecule has 1 atom stereocenters. The first-order valence-corrected chi connectivity index (χ1v) is 13.3. The molecule has 0 bridgehead atoms. The van der Waals surface area contributed by atoms with Crippen LogP contribution in [0.4, 0.5) is 30.5 Å². The fourth-order valence-electron chi connectivity index (χ4n) is 5.14. The summed E-state index contributed by atoms with van der Waals surface area (Å²) in [5.74, 6) is 0.725. The maximum atomic E-state index is 14.1. The number of rotatable bonds is 6. The lowest BCUT2D eigenvalue weighted by atomic mass is 10.1. The first-order chi connectivity index (χ1) is 20.2. The molecule has 42 heavy (non-hydrogen) atoms. The van der Waals surface area contributed by atoms with E-state index in [1.807, 2.05) is 0 Å². The number of hydrogen-bond donors (Lipinski definition) is 2. The Hall–Kier alpha value is -4.94. The van der Waals surface area contributed by atoms with Gasteiger partial charge in [0.25, 0.3) is 5.91 Å². The van der Waals surface area contributed by atoms with Crippen molar-refractivity contribution in [3.05, 3.63) is 71.7 Å². The highest BCUT2D eigenvalue weighted by Crippen LogP contribution is 2.48. The molecule has 2 aromatic heterocycles. The van der Waals surface area contributed by atoms with Crippen LogP contribution in [-0.2, 0) is 6.18 Å². The second kappa shape index (κ2) is 10.8. The maximum absolute atomic E-state index is 14.1. The quantitative estimate of drug-likeness (QED) is 0.298. The summed E-state index contributed by atoms with van der Waals surface area (Å²) in [5.41, 5.74) is 0.561. The molecule has 2 N–H and O–H groups in total. The van der Waals surface area contributed by atoms with Crippen molar-refractivity contribution in [2.45, 2.75) is 32.0 Å². The number of hydrogen-bond acceptors (Lipinski definition) is 9. The fraction of sp³-hybridized carbons (Fsp3) is 0.276. The van der Waals surface area contributed by atoms with Crippen molar-refractivity contribution in [2.24, 2.45) is 0 Å². The van der Waals surface area contributed by atoms with E-state index in [1.54, 1.807) is 49.3 Å². The van der Waals surface area contributed by atoms with Gasteiger partial charge in [-0.3, -0.25) is 4.79 Å². The SMILES string of the molecule is CNc1ncnc(-c2cccnc2Oc2cc(C(=O)Nc3cc4c(c(C(F)(F)F)c3)N3CCC[C@H]3CO4)ccc2C)n1. The number of aryl methyl sites for hydroxylation is 1. The highest BCUT2D eigenvalue weighted by Gasteiger charge is 2.42. The van der Waals surface area contributed by atoms with E-state index in [0.29, 0.717) is 41.8 Å². The summed E-state index contributed by atoms with van der Waals surface area (Å²) in [4.78, 5) is 31.9. The van der Waals surface area contributed by atoms with Gasteiger partial charge in [0.05, 0.1) is 22.9 Å². The van der Waals surface area contributed by atoms with E-state index in [2.05, 4.69) is 30.6 Å². The number of benzene rings is 2.